The Morgan fingerprint density at radius 3 is 2.60 bits per heavy atom. The van der Waals surface area contributed by atoms with E-state index in [1.165, 1.54) is 31.2 Å². The summed E-state index contributed by atoms with van der Waals surface area (Å²) in [5.74, 6) is 1.98. The molecule has 0 radical (unpaired) electrons. The lowest BCUT2D eigenvalue weighted by Gasteiger charge is -2.24. The fraction of sp³-hybridized carbons (Fsp3) is 0.588. The Balaban J connectivity index is 1.78. The number of fused-ring (bicyclic) bond motifs is 1. The van der Waals surface area contributed by atoms with E-state index in [4.69, 9.17) is 4.98 Å². The maximum atomic E-state index is 4.79. The number of hydrogen-bond acceptors (Lipinski definition) is 2. The minimum absolute atomic E-state index is 0.294. The second kappa shape index (κ2) is 5.57. The van der Waals surface area contributed by atoms with E-state index in [0.29, 0.717) is 12.1 Å². The van der Waals surface area contributed by atoms with Gasteiger partial charge in [0.15, 0.2) is 0 Å². The van der Waals surface area contributed by atoms with Crippen molar-refractivity contribution in [1.29, 1.82) is 0 Å². The lowest BCUT2D eigenvalue weighted by Crippen LogP contribution is -2.35. The fourth-order valence-electron chi connectivity index (χ4n) is 3.61. The fourth-order valence-corrected chi connectivity index (χ4v) is 3.61. The Kier molecular flexibility index (Phi) is 3.79. The third kappa shape index (κ3) is 2.47. The maximum Gasteiger partial charge on any atom is 0.126 e. The summed E-state index contributed by atoms with van der Waals surface area (Å²) in [6.45, 7) is 4.56. The molecule has 20 heavy (non-hydrogen) atoms. The third-order valence-electron chi connectivity index (χ3n) is 4.83. The summed E-state index contributed by atoms with van der Waals surface area (Å²) in [4.78, 5) is 4.79. The molecular weight excluding hydrogens is 246 g/mol. The molecule has 3 heteroatoms. The van der Waals surface area contributed by atoms with Crippen molar-refractivity contribution in [2.75, 3.05) is 0 Å². The quantitative estimate of drug-likeness (QED) is 0.916. The monoisotopic (exact) mass is 271 g/mol. The number of nitrogens with zero attached hydrogens (tertiary/aromatic N) is 2. The van der Waals surface area contributed by atoms with E-state index in [2.05, 4.69) is 55.0 Å². The van der Waals surface area contributed by atoms with Gasteiger partial charge in [-0.05, 0) is 44.7 Å². The number of nitrogens with one attached hydrogen (secondary N) is 1. The first-order valence-electron chi connectivity index (χ1n) is 7.84. The Labute approximate surface area is 121 Å². The molecule has 3 rings (SSSR count). The zero-order valence-electron chi connectivity index (χ0n) is 12.8. The summed E-state index contributed by atoms with van der Waals surface area (Å²) in [7, 11) is 2.11. The average molecular weight is 271 g/mol. The first-order chi connectivity index (χ1) is 9.66. The van der Waals surface area contributed by atoms with Crippen molar-refractivity contribution in [1.82, 2.24) is 14.9 Å². The molecule has 1 heterocycles. The molecule has 2 atom stereocenters. The third-order valence-corrected chi connectivity index (χ3v) is 4.83. The van der Waals surface area contributed by atoms with Gasteiger partial charge in [-0.15, -0.1) is 0 Å². The summed E-state index contributed by atoms with van der Waals surface area (Å²) < 4.78 is 2.22. The van der Waals surface area contributed by atoms with Crippen LogP contribution in [0.2, 0.25) is 0 Å². The molecule has 2 aromatic rings. The van der Waals surface area contributed by atoms with Crippen molar-refractivity contribution in [3.05, 3.63) is 30.1 Å². The Morgan fingerprint density at radius 2 is 1.90 bits per heavy atom. The topological polar surface area (TPSA) is 29.9 Å². The second-order valence-electron chi connectivity index (χ2n) is 6.24. The van der Waals surface area contributed by atoms with Crippen molar-refractivity contribution >= 4 is 11.0 Å². The van der Waals surface area contributed by atoms with Gasteiger partial charge in [-0.1, -0.05) is 25.0 Å². The molecule has 0 bridgehead atoms. The summed E-state index contributed by atoms with van der Waals surface area (Å²) in [5, 5.41) is 3.76. The number of aryl methyl sites for hydroxylation is 1. The molecule has 0 spiro atoms. The Hall–Kier alpha value is -1.35. The van der Waals surface area contributed by atoms with E-state index in [-0.39, 0.29) is 0 Å². The molecule has 1 aromatic heterocycles. The summed E-state index contributed by atoms with van der Waals surface area (Å²) >= 11 is 0. The van der Waals surface area contributed by atoms with Gasteiger partial charge in [0, 0.05) is 13.1 Å². The van der Waals surface area contributed by atoms with Gasteiger partial charge in [0.2, 0.25) is 0 Å². The van der Waals surface area contributed by atoms with Crippen LogP contribution in [0.1, 0.15) is 51.4 Å². The van der Waals surface area contributed by atoms with Gasteiger partial charge in [-0.2, -0.15) is 0 Å². The Bertz CT molecular complexity index is 581. The summed E-state index contributed by atoms with van der Waals surface area (Å²) in [5.41, 5.74) is 2.30. The zero-order valence-corrected chi connectivity index (χ0v) is 12.8. The Morgan fingerprint density at radius 1 is 1.20 bits per heavy atom. The standard InChI is InChI=1S/C17H25N3/c1-12(14-8-4-5-9-14)18-13(2)17-19-15-10-6-7-11-16(15)20(17)3/h6-7,10-14,18H,4-5,8-9H2,1-3H3. The molecule has 3 nitrogen and oxygen atoms in total. The summed E-state index contributed by atoms with van der Waals surface area (Å²) in [6.07, 6.45) is 5.56. The number of hydrogen-bond donors (Lipinski definition) is 1. The van der Waals surface area contributed by atoms with E-state index in [9.17, 15) is 0 Å². The van der Waals surface area contributed by atoms with E-state index < -0.39 is 0 Å². The van der Waals surface area contributed by atoms with Crippen LogP contribution in [-0.2, 0) is 7.05 Å². The molecule has 1 aliphatic carbocycles. The molecule has 2 unspecified atom stereocenters. The molecule has 1 aromatic carbocycles. The molecule has 1 fully saturated rings. The van der Waals surface area contributed by atoms with Gasteiger partial charge in [-0.3, -0.25) is 0 Å². The van der Waals surface area contributed by atoms with Gasteiger partial charge < -0.3 is 9.88 Å². The van der Waals surface area contributed by atoms with E-state index in [0.717, 1.165) is 17.3 Å². The molecule has 108 valence electrons. The van der Waals surface area contributed by atoms with Crippen molar-refractivity contribution in [2.24, 2.45) is 13.0 Å². The van der Waals surface area contributed by atoms with Crippen LogP contribution in [-0.4, -0.2) is 15.6 Å². The first kappa shape index (κ1) is 13.6. The van der Waals surface area contributed by atoms with Crippen LogP contribution in [0.4, 0.5) is 0 Å². The largest absolute Gasteiger partial charge is 0.330 e. The molecule has 1 aliphatic rings. The highest BCUT2D eigenvalue weighted by Gasteiger charge is 2.24. The molecule has 0 amide bonds. The molecule has 0 aliphatic heterocycles. The van der Waals surface area contributed by atoms with E-state index in [1.54, 1.807) is 0 Å². The van der Waals surface area contributed by atoms with Crippen molar-refractivity contribution in [3.63, 3.8) is 0 Å². The van der Waals surface area contributed by atoms with Crippen molar-refractivity contribution < 1.29 is 0 Å². The highest BCUT2D eigenvalue weighted by molar-refractivity contribution is 5.75. The van der Waals surface area contributed by atoms with Gasteiger partial charge in [0.1, 0.15) is 5.82 Å². The molecule has 1 N–H and O–H groups in total. The van der Waals surface area contributed by atoms with Gasteiger partial charge >= 0.3 is 0 Å². The van der Waals surface area contributed by atoms with Gasteiger partial charge in [-0.25, -0.2) is 4.98 Å². The molecule has 1 saturated carbocycles. The normalized spacial score (nSPS) is 19.6. The van der Waals surface area contributed by atoms with Crippen LogP contribution < -0.4 is 5.32 Å². The van der Waals surface area contributed by atoms with Crippen molar-refractivity contribution in [2.45, 2.75) is 51.6 Å². The highest BCUT2D eigenvalue weighted by Crippen LogP contribution is 2.29. The number of imidazole rings is 1. The predicted molar refractivity (Wildman–Crippen MR) is 83.7 cm³/mol. The summed E-state index contributed by atoms with van der Waals surface area (Å²) in [6, 6.07) is 9.23. The van der Waals surface area contributed by atoms with E-state index >= 15 is 0 Å². The lowest BCUT2D eigenvalue weighted by atomic mass is 9.99. The van der Waals surface area contributed by atoms with Gasteiger partial charge in [0.05, 0.1) is 17.1 Å². The minimum atomic E-state index is 0.294. The molecule has 0 saturated heterocycles. The molecular formula is C17H25N3. The van der Waals surface area contributed by atoms with Crippen LogP contribution in [0, 0.1) is 5.92 Å². The predicted octanol–water partition coefficient (Wildman–Crippen LogP) is 3.80. The number of benzene rings is 1. The number of para-hydroxylation sites is 2. The van der Waals surface area contributed by atoms with E-state index in [1.807, 2.05) is 0 Å². The number of rotatable bonds is 4. The van der Waals surface area contributed by atoms with Crippen LogP contribution in [0.5, 0.6) is 0 Å². The van der Waals surface area contributed by atoms with Gasteiger partial charge in [0.25, 0.3) is 0 Å². The maximum absolute atomic E-state index is 4.79. The van der Waals surface area contributed by atoms with Crippen LogP contribution in [0.25, 0.3) is 11.0 Å². The second-order valence-corrected chi connectivity index (χ2v) is 6.24. The SMILES string of the molecule is CC(NC(C)C1CCCC1)c1nc2ccccc2n1C. The smallest absolute Gasteiger partial charge is 0.126 e. The first-order valence-corrected chi connectivity index (χ1v) is 7.84. The lowest BCUT2D eigenvalue weighted by molar-refractivity contribution is 0.345. The van der Waals surface area contributed by atoms with Crippen LogP contribution >= 0.6 is 0 Å². The average Bonchev–Trinajstić information content (AvgIpc) is 3.07. The van der Waals surface area contributed by atoms with Crippen LogP contribution in [0.15, 0.2) is 24.3 Å². The van der Waals surface area contributed by atoms with Crippen molar-refractivity contribution in [3.8, 4) is 0 Å². The zero-order chi connectivity index (χ0) is 14.1. The minimum Gasteiger partial charge on any atom is -0.330 e. The van der Waals surface area contributed by atoms with Crippen LogP contribution in [0.3, 0.4) is 0 Å². The number of aromatic nitrogens is 2. The highest BCUT2D eigenvalue weighted by atomic mass is 15.1.